The van der Waals surface area contributed by atoms with Crippen molar-refractivity contribution in [1.82, 2.24) is 14.8 Å². The zero-order valence-electron chi connectivity index (χ0n) is 11.7. The molecule has 0 spiro atoms. The first-order valence-electron chi connectivity index (χ1n) is 6.54. The van der Waals surface area contributed by atoms with E-state index in [9.17, 15) is 9.18 Å². The maximum absolute atomic E-state index is 12.7. The highest BCUT2D eigenvalue weighted by Gasteiger charge is 2.28. The Balaban J connectivity index is 1.98. The monoisotopic (exact) mass is 265 g/mol. The number of pyridine rings is 1. The van der Waals surface area contributed by atoms with Crippen LogP contribution in [0.5, 0.6) is 0 Å². The van der Waals surface area contributed by atoms with E-state index in [0.717, 1.165) is 13.1 Å². The molecule has 1 saturated heterocycles. The standard InChI is InChI=1S/C14H20FN3O/c1-14(2,3)18-8-6-17(7-9-18)13(19)11-4-5-12(15)16-10-11/h4-5,10H,6-9H2,1-3H3. The Kier molecular flexibility index (Phi) is 3.85. The Bertz CT molecular complexity index is 445. The molecule has 0 aromatic carbocycles. The first-order valence-corrected chi connectivity index (χ1v) is 6.54. The van der Waals surface area contributed by atoms with E-state index >= 15 is 0 Å². The molecule has 0 atom stereocenters. The lowest BCUT2D eigenvalue weighted by molar-refractivity contribution is 0.0450. The largest absolute Gasteiger partial charge is 0.336 e. The van der Waals surface area contributed by atoms with Crippen molar-refractivity contribution in [3.05, 3.63) is 29.8 Å². The number of carbonyl (C=O) groups excluding carboxylic acids is 1. The fourth-order valence-corrected chi connectivity index (χ4v) is 2.27. The zero-order valence-corrected chi connectivity index (χ0v) is 11.7. The molecule has 2 heterocycles. The smallest absolute Gasteiger partial charge is 0.255 e. The van der Waals surface area contributed by atoms with Crippen LogP contribution < -0.4 is 0 Å². The molecule has 19 heavy (non-hydrogen) atoms. The molecule has 0 radical (unpaired) electrons. The van der Waals surface area contributed by atoms with Crippen LogP contribution in [-0.4, -0.2) is 52.4 Å². The minimum atomic E-state index is -0.561. The number of rotatable bonds is 1. The van der Waals surface area contributed by atoms with Crippen LogP contribution in [0.15, 0.2) is 18.3 Å². The molecule has 1 aromatic rings. The first kappa shape index (κ1) is 13.9. The van der Waals surface area contributed by atoms with Gasteiger partial charge in [-0.15, -0.1) is 0 Å². The maximum Gasteiger partial charge on any atom is 0.255 e. The molecule has 0 N–H and O–H groups in total. The van der Waals surface area contributed by atoms with Gasteiger partial charge in [0.2, 0.25) is 5.95 Å². The summed E-state index contributed by atoms with van der Waals surface area (Å²) in [4.78, 5) is 19.9. The van der Waals surface area contributed by atoms with E-state index in [1.54, 1.807) is 4.90 Å². The Morgan fingerprint density at radius 1 is 1.21 bits per heavy atom. The third kappa shape index (κ3) is 3.29. The summed E-state index contributed by atoms with van der Waals surface area (Å²) in [6, 6.07) is 2.71. The van der Waals surface area contributed by atoms with Crippen molar-refractivity contribution in [2.24, 2.45) is 0 Å². The van der Waals surface area contributed by atoms with Crippen molar-refractivity contribution in [3.63, 3.8) is 0 Å². The molecule has 1 aliphatic rings. The van der Waals surface area contributed by atoms with Gasteiger partial charge in [-0.3, -0.25) is 9.69 Å². The minimum absolute atomic E-state index is 0.0685. The third-order valence-electron chi connectivity index (χ3n) is 3.49. The molecule has 4 nitrogen and oxygen atoms in total. The number of piperazine rings is 1. The van der Waals surface area contributed by atoms with Gasteiger partial charge in [0.1, 0.15) is 0 Å². The molecule has 0 aliphatic carbocycles. The lowest BCUT2D eigenvalue weighted by Crippen LogP contribution is -2.54. The summed E-state index contributed by atoms with van der Waals surface area (Å²) in [7, 11) is 0. The van der Waals surface area contributed by atoms with E-state index in [0.29, 0.717) is 18.7 Å². The number of amides is 1. The number of nitrogens with zero attached hydrogens (tertiary/aromatic N) is 3. The average molecular weight is 265 g/mol. The van der Waals surface area contributed by atoms with Crippen molar-refractivity contribution in [2.75, 3.05) is 26.2 Å². The van der Waals surface area contributed by atoms with Gasteiger partial charge in [-0.25, -0.2) is 4.98 Å². The Hall–Kier alpha value is -1.49. The van der Waals surface area contributed by atoms with E-state index < -0.39 is 5.95 Å². The van der Waals surface area contributed by atoms with Crippen molar-refractivity contribution in [3.8, 4) is 0 Å². The number of halogens is 1. The fourth-order valence-electron chi connectivity index (χ4n) is 2.27. The highest BCUT2D eigenvalue weighted by Crippen LogP contribution is 2.17. The second kappa shape index (κ2) is 5.25. The van der Waals surface area contributed by atoms with E-state index in [1.807, 2.05) is 0 Å². The van der Waals surface area contributed by atoms with Gasteiger partial charge in [-0.05, 0) is 32.9 Å². The lowest BCUT2D eigenvalue weighted by Gasteiger charge is -2.42. The lowest BCUT2D eigenvalue weighted by atomic mass is 10.0. The Morgan fingerprint density at radius 2 is 1.84 bits per heavy atom. The number of hydrogen-bond acceptors (Lipinski definition) is 3. The fraction of sp³-hybridized carbons (Fsp3) is 0.571. The van der Waals surface area contributed by atoms with Gasteiger partial charge in [0.25, 0.3) is 5.91 Å². The van der Waals surface area contributed by atoms with Crippen LogP contribution in [-0.2, 0) is 0 Å². The van der Waals surface area contributed by atoms with Crippen LogP contribution in [0.3, 0.4) is 0 Å². The number of hydrogen-bond donors (Lipinski definition) is 0. The van der Waals surface area contributed by atoms with Gasteiger partial charge < -0.3 is 4.90 Å². The number of aromatic nitrogens is 1. The highest BCUT2D eigenvalue weighted by atomic mass is 19.1. The van der Waals surface area contributed by atoms with Gasteiger partial charge in [-0.2, -0.15) is 4.39 Å². The molecular weight excluding hydrogens is 245 g/mol. The summed E-state index contributed by atoms with van der Waals surface area (Å²) in [5.41, 5.74) is 0.581. The second-order valence-electron chi connectivity index (χ2n) is 5.82. The molecule has 1 aromatic heterocycles. The van der Waals surface area contributed by atoms with Gasteiger partial charge in [0.15, 0.2) is 0 Å². The van der Waals surface area contributed by atoms with Crippen LogP contribution in [0.25, 0.3) is 0 Å². The van der Waals surface area contributed by atoms with E-state index in [2.05, 4.69) is 30.7 Å². The summed E-state index contributed by atoms with van der Waals surface area (Å²) in [5, 5.41) is 0. The van der Waals surface area contributed by atoms with Crippen molar-refractivity contribution < 1.29 is 9.18 Å². The van der Waals surface area contributed by atoms with Gasteiger partial charge >= 0.3 is 0 Å². The molecule has 1 amide bonds. The van der Waals surface area contributed by atoms with E-state index in [4.69, 9.17) is 0 Å². The molecule has 5 heteroatoms. The summed E-state index contributed by atoms with van der Waals surface area (Å²) in [6.07, 6.45) is 1.30. The average Bonchev–Trinajstić information content (AvgIpc) is 2.38. The van der Waals surface area contributed by atoms with Crippen molar-refractivity contribution >= 4 is 5.91 Å². The normalized spacial score (nSPS) is 17.6. The van der Waals surface area contributed by atoms with Crippen LogP contribution >= 0.6 is 0 Å². The van der Waals surface area contributed by atoms with Crippen molar-refractivity contribution in [2.45, 2.75) is 26.3 Å². The van der Waals surface area contributed by atoms with Crippen LogP contribution in [0, 0.1) is 5.95 Å². The predicted octanol–water partition coefficient (Wildman–Crippen LogP) is 1.78. The zero-order chi connectivity index (χ0) is 14.0. The number of carbonyl (C=O) groups is 1. The first-order chi connectivity index (χ1) is 8.88. The topological polar surface area (TPSA) is 36.4 Å². The molecule has 0 saturated carbocycles. The SMILES string of the molecule is CC(C)(C)N1CCN(C(=O)c2ccc(F)nc2)CC1. The van der Waals surface area contributed by atoms with Gasteiger partial charge in [0, 0.05) is 37.9 Å². The van der Waals surface area contributed by atoms with Gasteiger partial charge in [-0.1, -0.05) is 0 Å². The molecule has 0 unspecified atom stereocenters. The molecule has 1 fully saturated rings. The molecule has 0 bridgehead atoms. The summed E-state index contributed by atoms with van der Waals surface area (Å²) >= 11 is 0. The van der Waals surface area contributed by atoms with Gasteiger partial charge in [0.05, 0.1) is 5.56 Å². The summed E-state index contributed by atoms with van der Waals surface area (Å²) in [6.45, 7) is 9.66. The molecule has 2 rings (SSSR count). The van der Waals surface area contributed by atoms with E-state index in [1.165, 1.54) is 18.3 Å². The summed E-state index contributed by atoms with van der Waals surface area (Å²) in [5.74, 6) is -0.629. The predicted molar refractivity (Wildman–Crippen MR) is 71.4 cm³/mol. The van der Waals surface area contributed by atoms with Crippen LogP contribution in [0.2, 0.25) is 0 Å². The maximum atomic E-state index is 12.7. The highest BCUT2D eigenvalue weighted by molar-refractivity contribution is 5.93. The Morgan fingerprint density at radius 3 is 2.32 bits per heavy atom. The van der Waals surface area contributed by atoms with Crippen LogP contribution in [0.4, 0.5) is 4.39 Å². The minimum Gasteiger partial charge on any atom is -0.336 e. The van der Waals surface area contributed by atoms with E-state index in [-0.39, 0.29) is 11.4 Å². The second-order valence-corrected chi connectivity index (χ2v) is 5.82. The van der Waals surface area contributed by atoms with Crippen molar-refractivity contribution in [1.29, 1.82) is 0 Å². The molecule has 104 valence electrons. The van der Waals surface area contributed by atoms with Crippen LogP contribution in [0.1, 0.15) is 31.1 Å². The summed E-state index contributed by atoms with van der Waals surface area (Å²) < 4.78 is 12.7. The molecule has 1 aliphatic heterocycles. The molecular formula is C14H20FN3O. The Labute approximate surface area is 113 Å². The third-order valence-corrected chi connectivity index (χ3v) is 3.49. The quantitative estimate of drug-likeness (QED) is 0.726.